The summed E-state index contributed by atoms with van der Waals surface area (Å²) in [6.45, 7) is 2.60. The molecule has 4 heteroatoms. The Balaban J connectivity index is 1.79. The van der Waals surface area contributed by atoms with Gasteiger partial charge < -0.3 is 14.5 Å². The van der Waals surface area contributed by atoms with Crippen LogP contribution >= 0.6 is 0 Å². The van der Waals surface area contributed by atoms with Crippen LogP contribution in [0.25, 0.3) is 0 Å². The summed E-state index contributed by atoms with van der Waals surface area (Å²) in [5, 5.41) is 3.32. The summed E-state index contributed by atoms with van der Waals surface area (Å²) in [5.41, 5.74) is 0.649. The molecule has 1 N–H and O–H groups in total. The number of hydrogen-bond acceptors (Lipinski definition) is 3. The largest absolute Gasteiger partial charge is 0.497 e. The Kier molecular flexibility index (Phi) is 5.18. The summed E-state index contributed by atoms with van der Waals surface area (Å²) < 4.78 is 24.0. The molecule has 1 heterocycles. The Morgan fingerprint density at radius 1 is 1.35 bits per heavy atom. The van der Waals surface area contributed by atoms with Crippen LogP contribution in [0.2, 0.25) is 0 Å². The second kappa shape index (κ2) is 7.10. The lowest BCUT2D eigenvalue weighted by atomic mass is 10.1. The van der Waals surface area contributed by atoms with E-state index in [0.29, 0.717) is 23.9 Å². The van der Waals surface area contributed by atoms with Gasteiger partial charge in [0.2, 0.25) is 0 Å². The molecule has 0 bridgehead atoms. The van der Waals surface area contributed by atoms with Crippen LogP contribution in [-0.4, -0.2) is 13.2 Å². The number of rotatable bonds is 7. The van der Waals surface area contributed by atoms with E-state index < -0.39 is 0 Å². The maximum absolute atomic E-state index is 13.8. The van der Waals surface area contributed by atoms with Crippen molar-refractivity contribution in [3.8, 4) is 5.75 Å². The van der Waals surface area contributed by atoms with E-state index in [1.807, 2.05) is 12.1 Å². The molecule has 0 aliphatic carbocycles. The summed E-state index contributed by atoms with van der Waals surface area (Å²) in [4.78, 5) is 0. The number of methoxy groups -OCH3 is 1. The van der Waals surface area contributed by atoms with Gasteiger partial charge in [0.15, 0.2) is 0 Å². The van der Waals surface area contributed by atoms with E-state index in [2.05, 4.69) is 12.2 Å². The van der Waals surface area contributed by atoms with E-state index >= 15 is 0 Å². The molecule has 0 aliphatic heterocycles. The van der Waals surface area contributed by atoms with Gasteiger partial charge in [0.05, 0.1) is 13.4 Å². The number of benzene rings is 1. The minimum absolute atomic E-state index is 0.241. The Hall–Kier alpha value is -1.81. The number of nitrogens with one attached hydrogen (secondary N) is 1. The van der Waals surface area contributed by atoms with Crippen LogP contribution < -0.4 is 10.1 Å². The number of ether oxygens (including phenoxy) is 1. The molecule has 0 radical (unpaired) electrons. The fourth-order valence-electron chi connectivity index (χ4n) is 2.00. The molecule has 20 heavy (non-hydrogen) atoms. The van der Waals surface area contributed by atoms with Crippen molar-refractivity contribution < 1.29 is 13.5 Å². The molecule has 1 atom stereocenters. The minimum atomic E-state index is -0.241. The predicted octanol–water partition coefficient (Wildman–Crippen LogP) is 3.54. The lowest BCUT2D eigenvalue weighted by Gasteiger charge is -2.14. The molecule has 0 saturated carbocycles. The van der Waals surface area contributed by atoms with Gasteiger partial charge in [-0.3, -0.25) is 0 Å². The van der Waals surface area contributed by atoms with E-state index in [1.54, 1.807) is 18.4 Å². The molecule has 2 rings (SSSR count). The molecular weight excluding hydrogens is 257 g/mol. The van der Waals surface area contributed by atoms with Crippen molar-refractivity contribution in [2.24, 2.45) is 0 Å². The smallest absolute Gasteiger partial charge is 0.131 e. The Morgan fingerprint density at radius 3 is 2.85 bits per heavy atom. The van der Waals surface area contributed by atoms with Crippen LogP contribution in [0, 0.1) is 5.82 Å². The first-order valence-electron chi connectivity index (χ1n) is 6.77. The first kappa shape index (κ1) is 14.6. The van der Waals surface area contributed by atoms with Crippen LogP contribution in [0.5, 0.6) is 5.75 Å². The predicted molar refractivity (Wildman–Crippen MR) is 76.3 cm³/mol. The Labute approximate surface area is 118 Å². The van der Waals surface area contributed by atoms with E-state index in [4.69, 9.17) is 9.15 Å². The lowest BCUT2D eigenvalue weighted by Crippen LogP contribution is -2.26. The normalized spacial score (nSPS) is 12.3. The average Bonchev–Trinajstić information content (AvgIpc) is 2.97. The molecule has 0 aliphatic rings. The molecule has 0 amide bonds. The zero-order chi connectivity index (χ0) is 14.4. The van der Waals surface area contributed by atoms with Crippen molar-refractivity contribution in [2.75, 3.05) is 7.11 Å². The molecule has 1 aromatic heterocycles. The SMILES string of the molecule is COc1ccc(CNC(C)CCc2ccco2)c(F)c1. The summed E-state index contributed by atoms with van der Waals surface area (Å²) in [6, 6.07) is 9.08. The molecule has 2 aromatic rings. The highest BCUT2D eigenvalue weighted by molar-refractivity contribution is 5.28. The van der Waals surface area contributed by atoms with Crippen molar-refractivity contribution in [1.82, 2.24) is 5.32 Å². The zero-order valence-corrected chi connectivity index (χ0v) is 11.9. The maximum atomic E-state index is 13.8. The van der Waals surface area contributed by atoms with Crippen molar-refractivity contribution in [1.29, 1.82) is 0 Å². The van der Waals surface area contributed by atoms with Crippen molar-refractivity contribution >= 4 is 0 Å². The van der Waals surface area contributed by atoms with Crippen LogP contribution in [-0.2, 0) is 13.0 Å². The van der Waals surface area contributed by atoms with Gasteiger partial charge in [-0.1, -0.05) is 6.07 Å². The highest BCUT2D eigenvalue weighted by Crippen LogP contribution is 2.16. The summed E-state index contributed by atoms with van der Waals surface area (Å²) in [7, 11) is 1.53. The quantitative estimate of drug-likeness (QED) is 0.840. The van der Waals surface area contributed by atoms with Gasteiger partial charge >= 0.3 is 0 Å². The topological polar surface area (TPSA) is 34.4 Å². The van der Waals surface area contributed by atoms with Gasteiger partial charge in [-0.25, -0.2) is 4.39 Å². The van der Waals surface area contributed by atoms with Crippen LogP contribution in [0.4, 0.5) is 4.39 Å². The monoisotopic (exact) mass is 277 g/mol. The highest BCUT2D eigenvalue weighted by Gasteiger charge is 2.07. The van der Waals surface area contributed by atoms with Crippen LogP contribution in [0.1, 0.15) is 24.7 Å². The fraction of sp³-hybridized carbons (Fsp3) is 0.375. The summed E-state index contributed by atoms with van der Waals surface area (Å²) in [5.74, 6) is 1.28. The first-order valence-corrected chi connectivity index (χ1v) is 6.77. The van der Waals surface area contributed by atoms with E-state index in [1.165, 1.54) is 13.2 Å². The second-order valence-electron chi connectivity index (χ2n) is 4.86. The van der Waals surface area contributed by atoms with Crippen LogP contribution in [0.3, 0.4) is 0 Å². The average molecular weight is 277 g/mol. The maximum Gasteiger partial charge on any atom is 0.131 e. The molecule has 1 aromatic carbocycles. The standard InChI is InChI=1S/C16H20FNO2/c1-12(5-7-14-4-3-9-20-14)18-11-13-6-8-15(19-2)10-16(13)17/h3-4,6,8-10,12,18H,5,7,11H2,1-2H3. The minimum Gasteiger partial charge on any atom is -0.497 e. The van der Waals surface area contributed by atoms with Gasteiger partial charge in [0, 0.05) is 30.6 Å². The van der Waals surface area contributed by atoms with E-state index in [-0.39, 0.29) is 5.82 Å². The van der Waals surface area contributed by atoms with Gasteiger partial charge in [0.1, 0.15) is 17.3 Å². The van der Waals surface area contributed by atoms with Crippen LogP contribution in [0.15, 0.2) is 41.0 Å². The molecule has 108 valence electrons. The second-order valence-corrected chi connectivity index (χ2v) is 4.86. The van der Waals surface area contributed by atoms with Crippen molar-refractivity contribution in [3.05, 3.63) is 53.7 Å². The zero-order valence-electron chi connectivity index (χ0n) is 11.9. The molecule has 0 saturated heterocycles. The first-order chi connectivity index (χ1) is 9.69. The number of halogens is 1. The van der Waals surface area contributed by atoms with Crippen molar-refractivity contribution in [3.63, 3.8) is 0 Å². The molecule has 1 unspecified atom stereocenters. The Bertz CT molecular complexity index is 525. The molecular formula is C16H20FNO2. The lowest BCUT2D eigenvalue weighted by molar-refractivity contribution is 0.409. The van der Waals surface area contributed by atoms with Gasteiger partial charge in [-0.15, -0.1) is 0 Å². The molecule has 3 nitrogen and oxygen atoms in total. The summed E-state index contributed by atoms with van der Waals surface area (Å²) in [6.07, 6.45) is 3.51. The molecule has 0 fully saturated rings. The Morgan fingerprint density at radius 2 is 2.20 bits per heavy atom. The van der Waals surface area contributed by atoms with E-state index in [9.17, 15) is 4.39 Å². The van der Waals surface area contributed by atoms with Gasteiger partial charge in [-0.05, 0) is 31.5 Å². The number of hydrogen-bond donors (Lipinski definition) is 1. The third-order valence-electron chi connectivity index (χ3n) is 3.31. The van der Waals surface area contributed by atoms with Gasteiger partial charge in [-0.2, -0.15) is 0 Å². The number of aryl methyl sites for hydroxylation is 1. The van der Waals surface area contributed by atoms with E-state index in [0.717, 1.165) is 18.6 Å². The van der Waals surface area contributed by atoms with Crippen molar-refractivity contribution in [2.45, 2.75) is 32.4 Å². The summed E-state index contributed by atoms with van der Waals surface area (Å²) >= 11 is 0. The third-order valence-corrected chi connectivity index (χ3v) is 3.31. The third kappa shape index (κ3) is 4.10. The van der Waals surface area contributed by atoms with Gasteiger partial charge in [0.25, 0.3) is 0 Å². The fourth-order valence-corrected chi connectivity index (χ4v) is 2.00. The molecule has 0 spiro atoms. The number of furan rings is 1. The highest BCUT2D eigenvalue weighted by atomic mass is 19.1.